The largest absolute Gasteiger partial charge is 0.378 e. The predicted molar refractivity (Wildman–Crippen MR) is 80.0 cm³/mol. The number of hydrogen-bond acceptors (Lipinski definition) is 4. The number of aryl methyl sites for hydroxylation is 1. The second kappa shape index (κ2) is 5.08. The van der Waals surface area contributed by atoms with Crippen molar-refractivity contribution in [2.24, 2.45) is 0 Å². The lowest BCUT2D eigenvalue weighted by Crippen LogP contribution is -2.60. The van der Waals surface area contributed by atoms with Gasteiger partial charge in [-0.25, -0.2) is 8.42 Å². The zero-order valence-electron chi connectivity index (χ0n) is 12.7. The van der Waals surface area contributed by atoms with Gasteiger partial charge in [0.1, 0.15) is 11.7 Å². The highest BCUT2D eigenvalue weighted by atomic mass is 32.2. The summed E-state index contributed by atoms with van der Waals surface area (Å²) in [6.45, 7) is 1.29. The highest BCUT2D eigenvalue weighted by molar-refractivity contribution is 7.89. The van der Waals surface area contributed by atoms with Crippen molar-refractivity contribution in [1.82, 2.24) is 14.5 Å². The normalized spacial score (nSPS) is 26.1. The molecule has 6 nitrogen and oxygen atoms in total. The van der Waals surface area contributed by atoms with Gasteiger partial charge in [0.25, 0.3) is 0 Å². The lowest BCUT2D eigenvalue weighted by molar-refractivity contribution is -0.150. The van der Waals surface area contributed by atoms with E-state index in [9.17, 15) is 17.2 Å². The van der Waals surface area contributed by atoms with Gasteiger partial charge >= 0.3 is 5.92 Å². The molecule has 0 saturated carbocycles. The number of morpholine rings is 1. The second-order valence-corrected chi connectivity index (χ2v) is 7.80. The number of ether oxygens (including phenoxy) is 1. The van der Waals surface area contributed by atoms with Crippen molar-refractivity contribution in [2.45, 2.75) is 29.8 Å². The summed E-state index contributed by atoms with van der Waals surface area (Å²) in [5.41, 5.74) is 0.350. The minimum absolute atomic E-state index is 0.0181. The Morgan fingerprint density at radius 2 is 2.08 bits per heavy atom. The van der Waals surface area contributed by atoms with Crippen molar-refractivity contribution in [3.63, 3.8) is 0 Å². The number of nitrogens with zero attached hydrogens (tertiary/aromatic N) is 2. The number of H-pyrrole nitrogens is 1. The number of aromatic amines is 1. The number of sulfonamides is 1. The molecule has 128 valence electrons. The van der Waals surface area contributed by atoms with Crippen LogP contribution >= 0.6 is 0 Å². The summed E-state index contributed by atoms with van der Waals surface area (Å²) < 4.78 is 62.1. The number of fused-ring (bicyclic) bond motifs is 4. The zero-order valence-corrected chi connectivity index (χ0v) is 13.6. The van der Waals surface area contributed by atoms with Crippen LogP contribution in [0.4, 0.5) is 8.78 Å². The molecule has 1 aromatic heterocycles. The molecule has 3 heterocycles. The van der Waals surface area contributed by atoms with Crippen LogP contribution in [0.15, 0.2) is 35.4 Å². The number of rotatable bonds is 2. The molecule has 2 aliphatic heterocycles. The minimum Gasteiger partial charge on any atom is -0.378 e. The van der Waals surface area contributed by atoms with Crippen molar-refractivity contribution in [2.75, 3.05) is 13.2 Å². The number of halogens is 2. The van der Waals surface area contributed by atoms with E-state index in [2.05, 4.69) is 10.2 Å². The van der Waals surface area contributed by atoms with E-state index >= 15 is 0 Å². The Labute approximate surface area is 137 Å². The van der Waals surface area contributed by atoms with Gasteiger partial charge in [0.05, 0.1) is 30.3 Å². The second-order valence-electron chi connectivity index (χ2n) is 5.99. The molecule has 2 bridgehead atoms. The first-order valence-electron chi connectivity index (χ1n) is 7.43. The van der Waals surface area contributed by atoms with Crippen LogP contribution < -0.4 is 0 Å². The summed E-state index contributed by atoms with van der Waals surface area (Å²) in [5.74, 6) is -3.40. The molecular formula is C15H15F2N3O3S. The number of hydrogen-bond donors (Lipinski definition) is 1. The van der Waals surface area contributed by atoms with Crippen LogP contribution in [0.25, 0.3) is 0 Å². The van der Waals surface area contributed by atoms with E-state index in [0.717, 1.165) is 4.31 Å². The molecule has 0 amide bonds. The smallest absolute Gasteiger partial charge is 0.307 e. The first kappa shape index (κ1) is 15.7. The highest BCUT2D eigenvalue weighted by Crippen LogP contribution is 2.49. The van der Waals surface area contributed by atoms with E-state index in [-0.39, 0.29) is 29.4 Å². The maximum atomic E-state index is 14.8. The Bertz CT molecular complexity index is 897. The molecule has 0 spiro atoms. The SMILES string of the molecule is Cc1ccccc1S(=O)(=O)N1C2COCC1C(F)(F)c1[nH]ncc12. The van der Waals surface area contributed by atoms with E-state index in [1.165, 1.54) is 12.3 Å². The fraction of sp³-hybridized carbons (Fsp3) is 0.400. The van der Waals surface area contributed by atoms with Gasteiger partial charge in [0, 0.05) is 5.56 Å². The summed E-state index contributed by atoms with van der Waals surface area (Å²) in [6.07, 6.45) is 1.25. The third-order valence-electron chi connectivity index (χ3n) is 4.59. The van der Waals surface area contributed by atoms with Gasteiger partial charge in [0.2, 0.25) is 10.0 Å². The number of benzene rings is 1. The lowest BCUT2D eigenvalue weighted by Gasteiger charge is -2.47. The standard InChI is InChI=1S/C15H15F2N3O3S/c1-9-4-2-3-5-12(9)24(21,22)20-11-7-23-8-13(20)15(16,17)14-10(11)6-18-19-14/h2-6,11,13H,7-8H2,1H3,(H,18,19). The highest BCUT2D eigenvalue weighted by Gasteiger charge is 2.60. The van der Waals surface area contributed by atoms with Gasteiger partial charge in [-0.15, -0.1) is 0 Å². The van der Waals surface area contributed by atoms with Crippen molar-refractivity contribution < 1.29 is 21.9 Å². The molecule has 1 saturated heterocycles. The molecule has 1 fully saturated rings. The maximum absolute atomic E-state index is 14.8. The first-order valence-corrected chi connectivity index (χ1v) is 8.87. The van der Waals surface area contributed by atoms with Crippen molar-refractivity contribution in [1.29, 1.82) is 0 Å². The van der Waals surface area contributed by atoms with Crippen LogP contribution in [-0.2, 0) is 20.7 Å². The molecule has 1 N–H and O–H groups in total. The van der Waals surface area contributed by atoms with Crippen LogP contribution in [0.2, 0.25) is 0 Å². The summed E-state index contributed by atoms with van der Waals surface area (Å²) in [4.78, 5) is 0.0321. The average Bonchev–Trinajstić information content (AvgIpc) is 3.04. The maximum Gasteiger partial charge on any atom is 0.307 e. The number of alkyl halides is 2. The molecule has 0 radical (unpaired) electrons. The van der Waals surface area contributed by atoms with E-state index in [1.54, 1.807) is 25.1 Å². The Balaban J connectivity index is 1.92. The molecule has 2 unspecified atom stereocenters. The molecule has 9 heteroatoms. The van der Waals surface area contributed by atoms with Crippen LogP contribution in [0, 0.1) is 6.92 Å². The Kier molecular flexibility index (Phi) is 3.32. The summed E-state index contributed by atoms with van der Waals surface area (Å²) in [5, 5.41) is 6.01. The number of aromatic nitrogens is 2. The fourth-order valence-electron chi connectivity index (χ4n) is 3.42. The van der Waals surface area contributed by atoms with Gasteiger partial charge in [-0.3, -0.25) is 5.10 Å². The fourth-order valence-corrected chi connectivity index (χ4v) is 5.41. The van der Waals surface area contributed by atoms with Crippen molar-refractivity contribution in [3.05, 3.63) is 47.3 Å². The van der Waals surface area contributed by atoms with E-state index in [1.807, 2.05) is 0 Å². The van der Waals surface area contributed by atoms with Gasteiger partial charge in [-0.1, -0.05) is 18.2 Å². The number of nitrogens with one attached hydrogen (secondary N) is 1. The van der Waals surface area contributed by atoms with Crippen LogP contribution in [0.1, 0.15) is 22.9 Å². The molecule has 2 aliphatic rings. The monoisotopic (exact) mass is 355 g/mol. The van der Waals surface area contributed by atoms with Gasteiger partial charge in [-0.05, 0) is 18.6 Å². The first-order chi connectivity index (χ1) is 11.3. The van der Waals surface area contributed by atoms with Crippen LogP contribution in [0.3, 0.4) is 0 Å². The van der Waals surface area contributed by atoms with E-state index in [0.29, 0.717) is 5.56 Å². The quantitative estimate of drug-likeness (QED) is 0.894. The Hall–Kier alpha value is -1.84. The molecule has 2 aromatic rings. The molecule has 0 aliphatic carbocycles. The van der Waals surface area contributed by atoms with Gasteiger partial charge < -0.3 is 4.74 Å². The third kappa shape index (κ3) is 1.98. The van der Waals surface area contributed by atoms with Gasteiger partial charge in [-0.2, -0.15) is 18.2 Å². The predicted octanol–water partition coefficient (Wildman–Crippen LogP) is 1.95. The molecular weight excluding hydrogens is 340 g/mol. The zero-order chi connectivity index (χ0) is 17.1. The summed E-state index contributed by atoms with van der Waals surface area (Å²) >= 11 is 0. The lowest BCUT2D eigenvalue weighted by atomic mass is 9.92. The van der Waals surface area contributed by atoms with E-state index in [4.69, 9.17) is 4.74 Å². The summed E-state index contributed by atoms with van der Waals surface area (Å²) in [6, 6.07) is 3.94. The average molecular weight is 355 g/mol. The minimum atomic E-state index is -4.11. The summed E-state index contributed by atoms with van der Waals surface area (Å²) in [7, 11) is -4.11. The van der Waals surface area contributed by atoms with Gasteiger partial charge in [0.15, 0.2) is 0 Å². The Morgan fingerprint density at radius 1 is 1.33 bits per heavy atom. The topological polar surface area (TPSA) is 75.3 Å². The van der Waals surface area contributed by atoms with E-state index < -0.39 is 28.0 Å². The van der Waals surface area contributed by atoms with Crippen LogP contribution in [-0.4, -0.2) is 42.2 Å². The molecule has 24 heavy (non-hydrogen) atoms. The molecule has 2 atom stereocenters. The molecule has 4 rings (SSSR count). The van der Waals surface area contributed by atoms with Crippen molar-refractivity contribution >= 4 is 10.0 Å². The molecule has 1 aromatic carbocycles. The Morgan fingerprint density at radius 3 is 2.83 bits per heavy atom. The third-order valence-corrected chi connectivity index (χ3v) is 6.67. The van der Waals surface area contributed by atoms with Crippen LogP contribution in [0.5, 0.6) is 0 Å². The van der Waals surface area contributed by atoms with Crippen molar-refractivity contribution in [3.8, 4) is 0 Å².